The lowest BCUT2D eigenvalue weighted by Gasteiger charge is -2.12. The molecule has 6 aromatic carbocycles. The fourth-order valence-electron chi connectivity index (χ4n) is 9.51. The highest BCUT2D eigenvalue weighted by Crippen LogP contribution is 2.27. The van der Waals surface area contributed by atoms with Gasteiger partial charge in [-0.05, 0) is 270 Å². The molecule has 0 fully saturated rings. The van der Waals surface area contributed by atoms with Crippen LogP contribution in [0, 0.1) is 27.7 Å². The standard InChI is InChI=1S/C21H42N6.C20H29N3O.C20H29N3.C14H25N3/c1-3-8-25-18-26-12-6-13-27-21-15-19(2)14-20(16-21)17-24-11-5-10-23-9-4-7-22;1-3-10-21-16-22-11-7-12-23-18-13-17(2)14-20(15-18)24-19-8-5-4-6-9-19;1-3-10-21-16-22-11-7-12-23-20-14-17(2)13-19(15-20)18-8-5-4-6-9-18;1-3-8-15-12-16-9-5-10-17-14-7-4-6-13(2)11-14/h14-16,23-27H,3-13,17-18,22H2,1-2H3;4-6,8-9,13-15,21-23H,3,7,10-12,16H2,1-2H3;4-6,8-9,13-15,21-23H,3,7,10-12,16H2,1-2H3;4,6-7,11,15-17H,3,5,8-10,12H2,1-2H3. The van der Waals surface area contributed by atoms with Gasteiger partial charge in [-0.3, -0.25) is 0 Å². The molecule has 506 valence electrons. The van der Waals surface area contributed by atoms with Crippen molar-refractivity contribution in [2.45, 2.75) is 126 Å². The molecule has 6 aromatic rings. The maximum Gasteiger partial charge on any atom is 0.129 e. The molecule has 0 bridgehead atoms. The average molecular weight is 1250 g/mol. The first-order valence-electron chi connectivity index (χ1n) is 34.6. The first-order chi connectivity index (χ1) is 44.7. The number of ether oxygens (including phenoxy) is 1. The minimum atomic E-state index is 0.766. The van der Waals surface area contributed by atoms with Crippen LogP contribution in [0.5, 0.6) is 11.5 Å². The molecule has 0 saturated heterocycles. The van der Waals surface area contributed by atoms with Crippen molar-refractivity contribution in [1.82, 2.24) is 53.2 Å². The molecular formula is C75H125N15O. The summed E-state index contributed by atoms with van der Waals surface area (Å²) in [5.41, 5.74) is 19.2. The van der Waals surface area contributed by atoms with Gasteiger partial charge in [-0.25, -0.2) is 0 Å². The number of benzene rings is 6. The van der Waals surface area contributed by atoms with E-state index in [1.54, 1.807) is 0 Å². The van der Waals surface area contributed by atoms with Gasteiger partial charge in [-0.15, -0.1) is 0 Å². The summed E-state index contributed by atoms with van der Waals surface area (Å²) in [5, 5.41) is 47.9. The van der Waals surface area contributed by atoms with E-state index in [4.69, 9.17) is 10.5 Å². The van der Waals surface area contributed by atoms with Crippen LogP contribution in [0.4, 0.5) is 22.7 Å². The molecular weight excluding hydrogens is 1130 g/mol. The Kier molecular flexibility index (Phi) is 48.3. The Labute approximate surface area is 552 Å². The highest BCUT2D eigenvalue weighted by Gasteiger charge is 2.05. The summed E-state index contributed by atoms with van der Waals surface area (Å²) in [4.78, 5) is 0. The second-order valence-electron chi connectivity index (χ2n) is 23.2. The van der Waals surface area contributed by atoms with Crippen LogP contribution in [-0.4, -0.2) is 131 Å². The number of hydrogen-bond donors (Lipinski definition) is 15. The molecule has 0 saturated carbocycles. The van der Waals surface area contributed by atoms with Gasteiger partial charge < -0.3 is 84.9 Å². The van der Waals surface area contributed by atoms with E-state index in [2.05, 4.69) is 239 Å². The number of anilines is 4. The van der Waals surface area contributed by atoms with Crippen molar-refractivity contribution in [3.8, 4) is 22.6 Å². The van der Waals surface area contributed by atoms with Gasteiger partial charge in [0.25, 0.3) is 0 Å². The zero-order chi connectivity index (χ0) is 65.3. The van der Waals surface area contributed by atoms with E-state index < -0.39 is 0 Å². The summed E-state index contributed by atoms with van der Waals surface area (Å²) in [6, 6.07) is 48.6. The van der Waals surface area contributed by atoms with Gasteiger partial charge in [0.05, 0.1) is 0 Å². The summed E-state index contributed by atoms with van der Waals surface area (Å²) in [6.45, 7) is 38.0. The number of rotatable bonds is 48. The van der Waals surface area contributed by atoms with E-state index in [0.29, 0.717) is 0 Å². The first kappa shape index (κ1) is 79.1. The maximum atomic E-state index is 5.92. The van der Waals surface area contributed by atoms with Crippen molar-refractivity contribution in [2.24, 2.45) is 5.73 Å². The molecule has 0 heterocycles. The van der Waals surface area contributed by atoms with E-state index in [0.717, 1.165) is 194 Å². The Hall–Kier alpha value is -6.12. The Balaban J connectivity index is 0.000000320. The maximum absolute atomic E-state index is 5.92. The molecule has 0 amide bonds. The molecule has 0 aliphatic heterocycles. The van der Waals surface area contributed by atoms with Crippen LogP contribution in [0.25, 0.3) is 11.1 Å². The van der Waals surface area contributed by atoms with Crippen molar-refractivity contribution in [2.75, 3.05) is 153 Å². The lowest BCUT2D eigenvalue weighted by Crippen LogP contribution is -2.30. The molecule has 16 heteroatoms. The van der Waals surface area contributed by atoms with Crippen LogP contribution < -0.4 is 84.9 Å². The van der Waals surface area contributed by atoms with Gasteiger partial charge >= 0.3 is 0 Å². The minimum Gasteiger partial charge on any atom is -0.457 e. The molecule has 0 aromatic heterocycles. The Bertz CT molecular complexity index is 2590. The molecule has 0 radical (unpaired) electrons. The number of nitrogens with two attached hydrogens (primary N) is 1. The Morgan fingerprint density at radius 2 is 0.703 bits per heavy atom. The Morgan fingerprint density at radius 1 is 0.297 bits per heavy atom. The number of para-hydroxylation sites is 1. The number of nitrogens with one attached hydrogen (secondary N) is 14. The zero-order valence-electron chi connectivity index (χ0n) is 57.7. The second kappa shape index (κ2) is 55.5. The van der Waals surface area contributed by atoms with Gasteiger partial charge in [0.2, 0.25) is 0 Å². The van der Waals surface area contributed by atoms with E-state index in [-0.39, 0.29) is 0 Å². The van der Waals surface area contributed by atoms with Crippen LogP contribution in [-0.2, 0) is 6.54 Å². The minimum absolute atomic E-state index is 0.766. The summed E-state index contributed by atoms with van der Waals surface area (Å²) >= 11 is 0. The normalized spacial score (nSPS) is 10.7. The lowest BCUT2D eigenvalue weighted by molar-refractivity contribution is 0.482. The van der Waals surface area contributed by atoms with E-state index in [1.165, 1.54) is 81.7 Å². The SMILES string of the molecule is CCCNCNCCCNc1cc(C)cc(-c2ccccc2)c1.CCCNCNCCCNc1cc(C)cc(CNCCCNCCCN)c1.CCCNCNCCCNc1cc(C)cc(Oc2ccccc2)c1.CCCNCNCCCNc1cccc(C)c1. The Morgan fingerprint density at radius 3 is 1.21 bits per heavy atom. The monoisotopic (exact) mass is 1250 g/mol. The fraction of sp³-hybridized carbons (Fsp3) is 0.520. The third kappa shape index (κ3) is 43.4. The summed E-state index contributed by atoms with van der Waals surface area (Å²) < 4.78 is 5.92. The summed E-state index contributed by atoms with van der Waals surface area (Å²) in [6.07, 6.45) is 11.4. The molecule has 0 aliphatic carbocycles. The van der Waals surface area contributed by atoms with Crippen LogP contribution in [0.3, 0.4) is 0 Å². The molecule has 91 heavy (non-hydrogen) atoms. The number of aryl methyl sites for hydroxylation is 4. The highest BCUT2D eigenvalue weighted by molar-refractivity contribution is 5.69. The topological polar surface area (TPSA) is 204 Å². The predicted octanol–water partition coefficient (Wildman–Crippen LogP) is 12.3. The van der Waals surface area contributed by atoms with Gasteiger partial charge in [-0.1, -0.05) is 100 Å². The van der Waals surface area contributed by atoms with E-state index >= 15 is 0 Å². The summed E-state index contributed by atoms with van der Waals surface area (Å²) in [5.74, 6) is 1.73. The molecule has 0 spiro atoms. The van der Waals surface area contributed by atoms with Crippen molar-refractivity contribution >= 4 is 22.7 Å². The van der Waals surface area contributed by atoms with Crippen LogP contribution in [0.15, 0.2) is 140 Å². The highest BCUT2D eigenvalue weighted by atomic mass is 16.5. The van der Waals surface area contributed by atoms with E-state index in [1.807, 2.05) is 30.3 Å². The molecule has 6 rings (SSSR count). The van der Waals surface area contributed by atoms with Crippen molar-refractivity contribution in [3.05, 3.63) is 167 Å². The molecule has 0 aliphatic rings. The number of hydrogen-bond acceptors (Lipinski definition) is 16. The summed E-state index contributed by atoms with van der Waals surface area (Å²) in [7, 11) is 0. The molecule has 0 atom stereocenters. The third-order valence-corrected chi connectivity index (χ3v) is 14.1. The first-order valence-corrected chi connectivity index (χ1v) is 34.6. The van der Waals surface area contributed by atoms with Crippen molar-refractivity contribution in [3.63, 3.8) is 0 Å². The van der Waals surface area contributed by atoms with Gasteiger partial charge in [0, 0.05) is 88.2 Å². The molecule has 16 N–H and O–H groups in total. The molecule has 0 unspecified atom stereocenters. The quantitative estimate of drug-likeness (QED) is 0.0127. The molecule has 16 nitrogen and oxygen atoms in total. The lowest BCUT2D eigenvalue weighted by atomic mass is 10.0. The predicted molar refractivity (Wildman–Crippen MR) is 397 cm³/mol. The van der Waals surface area contributed by atoms with Crippen LogP contribution in [0.1, 0.15) is 120 Å². The van der Waals surface area contributed by atoms with Gasteiger partial charge in [0.15, 0.2) is 0 Å². The largest absolute Gasteiger partial charge is 0.457 e. The third-order valence-electron chi connectivity index (χ3n) is 14.1. The van der Waals surface area contributed by atoms with Crippen LogP contribution >= 0.6 is 0 Å². The smallest absolute Gasteiger partial charge is 0.129 e. The zero-order valence-corrected chi connectivity index (χ0v) is 57.7. The fourth-order valence-corrected chi connectivity index (χ4v) is 9.51. The van der Waals surface area contributed by atoms with Crippen molar-refractivity contribution in [1.29, 1.82) is 0 Å². The second-order valence-corrected chi connectivity index (χ2v) is 23.2. The average Bonchev–Trinajstić information content (AvgIpc) is 3.43. The van der Waals surface area contributed by atoms with Gasteiger partial charge in [-0.2, -0.15) is 0 Å². The van der Waals surface area contributed by atoms with Crippen molar-refractivity contribution < 1.29 is 4.74 Å². The van der Waals surface area contributed by atoms with E-state index in [9.17, 15) is 0 Å². The van der Waals surface area contributed by atoms with Crippen LogP contribution in [0.2, 0.25) is 0 Å². The van der Waals surface area contributed by atoms with Gasteiger partial charge in [0.1, 0.15) is 11.5 Å².